The number of piperidine rings is 1. The minimum Gasteiger partial charge on any atom is -0.493 e. The normalized spacial score (nSPS) is 24.6. The number of ether oxygens (including phenoxy) is 2. The third kappa shape index (κ3) is 3.54. The number of fused-ring (bicyclic) bond motifs is 2. The third-order valence-corrected chi connectivity index (χ3v) is 5.79. The first-order valence-electron chi connectivity index (χ1n) is 9.49. The molecule has 0 spiro atoms. The van der Waals surface area contributed by atoms with E-state index in [9.17, 15) is 4.79 Å². The summed E-state index contributed by atoms with van der Waals surface area (Å²) in [5.74, 6) is 1.96. The van der Waals surface area contributed by atoms with Crippen LogP contribution in [0.25, 0.3) is 0 Å². The molecule has 1 N–H and O–H groups in total. The molecule has 2 saturated heterocycles. The number of hydrogen-bond donors (Lipinski definition) is 1. The Kier molecular flexibility index (Phi) is 5.07. The van der Waals surface area contributed by atoms with Gasteiger partial charge < -0.3 is 19.2 Å². The van der Waals surface area contributed by atoms with Crippen LogP contribution >= 0.6 is 0 Å². The Bertz CT molecular complexity index is 775. The fourth-order valence-electron chi connectivity index (χ4n) is 4.56. The molecule has 1 unspecified atom stereocenters. The molecule has 2 aliphatic rings. The minimum atomic E-state index is -0.102. The fourth-order valence-corrected chi connectivity index (χ4v) is 4.56. The zero-order chi connectivity index (χ0) is 18.8. The monoisotopic (exact) mass is 370 g/mol. The summed E-state index contributed by atoms with van der Waals surface area (Å²) in [6, 6.07) is 10.5. The number of benzene rings is 1. The molecule has 6 nitrogen and oxygen atoms in total. The summed E-state index contributed by atoms with van der Waals surface area (Å²) in [6.45, 7) is 0.854. The molecule has 1 aromatic carbocycles. The summed E-state index contributed by atoms with van der Waals surface area (Å²) in [4.78, 5) is 15.4. The van der Waals surface area contributed by atoms with Crippen molar-refractivity contribution in [3.05, 3.63) is 47.9 Å². The van der Waals surface area contributed by atoms with Crippen LogP contribution in [-0.2, 0) is 6.54 Å². The topological polar surface area (TPSA) is 63.9 Å². The first kappa shape index (κ1) is 17.9. The van der Waals surface area contributed by atoms with Crippen LogP contribution in [0.2, 0.25) is 0 Å². The van der Waals surface area contributed by atoms with Gasteiger partial charge in [-0.25, -0.2) is 0 Å². The van der Waals surface area contributed by atoms with E-state index >= 15 is 0 Å². The van der Waals surface area contributed by atoms with Gasteiger partial charge in [0.15, 0.2) is 11.5 Å². The van der Waals surface area contributed by atoms with E-state index in [0.29, 0.717) is 29.1 Å². The van der Waals surface area contributed by atoms with Gasteiger partial charge in [0.05, 0.1) is 32.6 Å². The summed E-state index contributed by atoms with van der Waals surface area (Å²) in [5.41, 5.74) is 0.516. The second-order valence-corrected chi connectivity index (χ2v) is 7.32. The summed E-state index contributed by atoms with van der Waals surface area (Å²) in [6.07, 6.45) is 6.02. The van der Waals surface area contributed by atoms with Gasteiger partial charge in [-0.15, -0.1) is 0 Å². The Balaban J connectivity index is 1.43. The van der Waals surface area contributed by atoms with E-state index in [1.807, 2.05) is 18.2 Å². The standard InChI is InChI=1S/C21H26N2O4/c1-25-19-7-3-6-18(20(19)26-2)21(24)22-14-11-15-8-9-16(12-14)23(15)13-17-5-4-10-27-17/h3-7,10,14-16H,8-9,11-13H2,1-2H3,(H,22,24)/t14?,15-,16+. The largest absolute Gasteiger partial charge is 0.493 e. The third-order valence-electron chi connectivity index (χ3n) is 5.79. The predicted octanol–water partition coefficient (Wildman–Crippen LogP) is 3.22. The number of furan rings is 1. The molecule has 0 aliphatic carbocycles. The summed E-state index contributed by atoms with van der Waals surface area (Å²) < 4.78 is 16.2. The van der Waals surface area contributed by atoms with Crippen LogP contribution in [0.5, 0.6) is 11.5 Å². The first-order chi connectivity index (χ1) is 13.2. The van der Waals surface area contributed by atoms with Crippen LogP contribution in [-0.4, -0.2) is 43.2 Å². The molecule has 2 bridgehead atoms. The predicted molar refractivity (Wildman–Crippen MR) is 101 cm³/mol. The Morgan fingerprint density at radius 3 is 2.56 bits per heavy atom. The van der Waals surface area contributed by atoms with Crippen LogP contribution in [0.1, 0.15) is 41.8 Å². The molecule has 1 amide bonds. The lowest BCUT2D eigenvalue weighted by molar-refractivity contribution is 0.0803. The lowest BCUT2D eigenvalue weighted by Gasteiger charge is -2.38. The van der Waals surface area contributed by atoms with Crippen molar-refractivity contribution in [1.82, 2.24) is 10.2 Å². The van der Waals surface area contributed by atoms with Gasteiger partial charge in [0.2, 0.25) is 0 Å². The van der Waals surface area contributed by atoms with Gasteiger partial charge in [-0.05, 0) is 49.9 Å². The van der Waals surface area contributed by atoms with Crippen molar-refractivity contribution in [3.63, 3.8) is 0 Å². The molecule has 3 atom stereocenters. The highest BCUT2D eigenvalue weighted by atomic mass is 16.5. The molecule has 0 saturated carbocycles. The van der Waals surface area contributed by atoms with E-state index < -0.39 is 0 Å². The molecule has 4 rings (SSSR count). The van der Waals surface area contributed by atoms with Gasteiger partial charge in [-0.1, -0.05) is 6.07 Å². The Morgan fingerprint density at radius 1 is 1.15 bits per heavy atom. The van der Waals surface area contributed by atoms with Crippen molar-refractivity contribution in [2.24, 2.45) is 0 Å². The summed E-state index contributed by atoms with van der Waals surface area (Å²) >= 11 is 0. The first-order valence-corrected chi connectivity index (χ1v) is 9.49. The van der Waals surface area contributed by atoms with Crippen molar-refractivity contribution in [2.75, 3.05) is 14.2 Å². The molecule has 2 aliphatic heterocycles. The second kappa shape index (κ2) is 7.64. The van der Waals surface area contributed by atoms with Crippen molar-refractivity contribution >= 4 is 5.91 Å². The molecule has 2 aromatic rings. The molecule has 0 radical (unpaired) electrons. The van der Waals surface area contributed by atoms with Crippen molar-refractivity contribution in [3.8, 4) is 11.5 Å². The summed E-state index contributed by atoms with van der Waals surface area (Å²) in [5, 5.41) is 3.22. The van der Waals surface area contributed by atoms with E-state index in [1.54, 1.807) is 32.6 Å². The maximum absolute atomic E-state index is 12.9. The lowest BCUT2D eigenvalue weighted by Crippen LogP contribution is -2.50. The Morgan fingerprint density at radius 2 is 1.93 bits per heavy atom. The number of amides is 1. The van der Waals surface area contributed by atoms with Crippen LogP contribution in [0.3, 0.4) is 0 Å². The van der Waals surface area contributed by atoms with Gasteiger partial charge in [0.1, 0.15) is 5.76 Å². The maximum atomic E-state index is 12.9. The minimum absolute atomic E-state index is 0.102. The molecular weight excluding hydrogens is 344 g/mol. The number of carbonyl (C=O) groups is 1. The Hall–Kier alpha value is -2.47. The van der Waals surface area contributed by atoms with E-state index in [2.05, 4.69) is 10.2 Å². The number of nitrogens with zero attached hydrogens (tertiary/aromatic N) is 1. The summed E-state index contributed by atoms with van der Waals surface area (Å²) in [7, 11) is 3.13. The molecular formula is C21H26N2O4. The SMILES string of the molecule is COc1cccc(C(=O)NC2C[C@H]3CC[C@@H](C2)N3Cc2ccco2)c1OC. The van der Waals surface area contributed by atoms with E-state index in [-0.39, 0.29) is 11.9 Å². The quantitative estimate of drug-likeness (QED) is 0.846. The number of methoxy groups -OCH3 is 2. The number of rotatable bonds is 6. The van der Waals surface area contributed by atoms with Crippen molar-refractivity contribution in [2.45, 2.75) is 50.4 Å². The molecule has 1 aromatic heterocycles. The second-order valence-electron chi connectivity index (χ2n) is 7.32. The fraction of sp³-hybridized carbons (Fsp3) is 0.476. The average Bonchev–Trinajstić information content (AvgIpc) is 3.27. The zero-order valence-electron chi connectivity index (χ0n) is 15.8. The number of hydrogen-bond acceptors (Lipinski definition) is 5. The number of carbonyl (C=O) groups excluding carboxylic acids is 1. The Labute approximate surface area is 159 Å². The van der Waals surface area contributed by atoms with Gasteiger partial charge in [-0.3, -0.25) is 9.69 Å². The van der Waals surface area contributed by atoms with E-state index in [1.165, 1.54) is 12.8 Å². The zero-order valence-corrected chi connectivity index (χ0v) is 15.8. The van der Waals surface area contributed by atoms with E-state index in [4.69, 9.17) is 13.9 Å². The lowest BCUT2D eigenvalue weighted by atomic mass is 9.96. The number of nitrogens with one attached hydrogen (secondary N) is 1. The maximum Gasteiger partial charge on any atom is 0.255 e. The highest BCUT2D eigenvalue weighted by molar-refractivity contribution is 5.98. The number of para-hydroxylation sites is 1. The van der Waals surface area contributed by atoms with Crippen LogP contribution in [0.4, 0.5) is 0 Å². The van der Waals surface area contributed by atoms with E-state index in [0.717, 1.165) is 25.1 Å². The van der Waals surface area contributed by atoms with Gasteiger partial charge >= 0.3 is 0 Å². The van der Waals surface area contributed by atoms with Crippen LogP contribution in [0.15, 0.2) is 41.0 Å². The van der Waals surface area contributed by atoms with Gasteiger partial charge in [0.25, 0.3) is 5.91 Å². The van der Waals surface area contributed by atoms with Gasteiger partial charge in [-0.2, -0.15) is 0 Å². The average molecular weight is 370 g/mol. The van der Waals surface area contributed by atoms with Crippen molar-refractivity contribution in [1.29, 1.82) is 0 Å². The molecule has 27 heavy (non-hydrogen) atoms. The van der Waals surface area contributed by atoms with Crippen LogP contribution in [0, 0.1) is 0 Å². The molecule has 2 fully saturated rings. The van der Waals surface area contributed by atoms with Crippen LogP contribution < -0.4 is 14.8 Å². The highest BCUT2D eigenvalue weighted by Gasteiger charge is 2.41. The molecule has 144 valence electrons. The molecule has 6 heteroatoms. The molecule has 3 heterocycles. The van der Waals surface area contributed by atoms with Crippen molar-refractivity contribution < 1.29 is 18.7 Å². The smallest absolute Gasteiger partial charge is 0.255 e. The highest BCUT2D eigenvalue weighted by Crippen LogP contribution is 2.37. The van der Waals surface area contributed by atoms with Gasteiger partial charge in [0, 0.05) is 18.1 Å².